The van der Waals surface area contributed by atoms with Crippen molar-refractivity contribution in [3.8, 4) is 5.75 Å². The van der Waals surface area contributed by atoms with Crippen molar-refractivity contribution < 1.29 is 32.6 Å². The molecule has 1 aliphatic carbocycles. The van der Waals surface area contributed by atoms with Crippen molar-refractivity contribution in [3.63, 3.8) is 0 Å². The lowest BCUT2D eigenvalue weighted by atomic mass is 9.88. The minimum atomic E-state index is -5.08. The second-order valence-electron chi connectivity index (χ2n) is 9.15. The van der Waals surface area contributed by atoms with Crippen molar-refractivity contribution in [3.05, 3.63) is 42.1 Å². The summed E-state index contributed by atoms with van der Waals surface area (Å²) in [4.78, 5) is 24.3. The molecule has 2 N–H and O–H groups in total. The molecule has 1 saturated heterocycles. The molecule has 1 saturated carbocycles. The van der Waals surface area contributed by atoms with E-state index in [1.807, 2.05) is 22.9 Å². The molecule has 2 fully saturated rings. The van der Waals surface area contributed by atoms with E-state index in [4.69, 9.17) is 14.6 Å². The SMILES string of the molecule is COc1ccccc1C(=O)Nc1ccnn1C1CCN(CC2CCCCC2)CC1.O=C(O)C(F)(F)F. The number of carbonyl (C=O) groups excluding carboxylic acids is 1. The number of benzene rings is 1. The van der Waals surface area contributed by atoms with Gasteiger partial charge in [-0.3, -0.25) is 4.79 Å². The van der Waals surface area contributed by atoms with E-state index >= 15 is 0 Å². The van der Waals surface area contributed by atoms with Crippen LogP contribution in [0.15, 0.2) is 36.5 Å². The maximum Gasteiger partial charge on any atom is 0.490 e. The Hall–Kier alpha value is -3.08. The Bertz CT molecular complexity index is 997. The average molecular weight is 511 g/mol. The Morgan fingerprint density at radius 2 is 1.72 bits per heavy atom. The minimum absolute atomic E-state index is 0.168. The van der Waals surface area contributed by atoms with E-state index in [2.05, 4.69) is 15.3 Å². The van der Waals surface area contributed by atoms with Gasteiger partial charge in [0.2, 0.25) is 0 Å². The van der Waals surface area contributed by atoms with Gasteiger partial charge >= 0.3 is 12.1 Å². The zero-order chi connectivity index (χ0) is 26.1. The second kappa shape index (κ2) is 12.8. The van der Waals surface area contributed by atoms with Gasteiger partial charge in [-0.1, -0.05) is 31.4 Å². The maximum atomic E-state index is 12.8. The summed E-state index contributed by atoms with van der Waals surface area (Å²) in [5.41, 5.74) is 0.532. The number of piperidine rings is 1. The van der Waals surface area contributed by atoms with Crippen LogP contribution in [0.4, 0.5) is 19.0 Å². The summed E-state index contributed by atoms with van der Waals surface area (Å²) in [7, 11) is 1.58. The van der Waals surface area contributed by atoms with E-state index in [9.17, 15) is 18.0 Å². The fourth-order valence-electron chi connectivity index (χ4n) is 4.80. The third-order valence-corrected chi connectivity index (χ3v) is 6.65. The Morgan fingerprint density at radius 1 is 1.08 bits per heavy atom. The van der Waals surface area contributed by atoms with Gasteiger partial charge < -0.3 is 20.1 Å². The Labute approximate surface area is 208 Å². The number of nitrogens with one attached hydrogen (secondary N) is 1. The number of nitrogens with zero attached hydrogens (tertiary/aromatic N) is 3. The lowest BCUT2D eigenvalue weighted by Crippen LogP contribution is -2.38. The van der Waals surface area contributed by atoms with Gasteiger partial charge in [0, 0.05) is 25.7 Å². The Morgan fingerprint density at radius 3 is 2.33 bits per heavy atom. The molecule has 1 aliphatic heterocycles. The van der Waals surface area contributed by atoms with Crippen molar-refractivity contribution in [1.29, 1.82) is 0 Å². The van der Waals surface area contributed by atoms with E-state index < -0.39 is 12.1 Å². The molecular weight excluding hydrogens is 477 g/mol. The molecule has 4 rings (SSSR count). The molecule has 0 bridgehead atoms. The van der Waals surface area contributed by atoms with E-state index in [1.165, 1.54) is 38.6 Å². The summed E-state index contributed by atoms with van der Waals surface area (Å²) in [6.07, 6.45) is 5.87. The number of hydrogen-bond donors (Lipinski definition) is 2. The number of hydrogen-bond acceptors (Lipinski definition) is 5. The van der Waals surface area contributed by atoms with Crippen LogP contribution in [0.5, 0.6) is 5.75 Å². The van der Waals surface area contributed by atoms with Gasteiger partial charge in [0.05, 0.1) is 24.9 Å². The first-order valence-corrected chi connectivity index (χ1v) is 12.2. The van der Waals surface area contributed by atoms with Gasteiger partial charge in [0.25, 0.3) is 5.91 Å². The number of aromatic nitrogens is 2. The molecule has 0 atom stereocenters. The van der Waals surface area contributed by atoms with E-state index in [-0.39, 0.29) is 5.91 Å². The number of amides is 1. The molecule has 8 nitrogen and oxygen atoms in total. The Balaban J connectivity index is 0.000000454. The Kier molecular flexibility index (Phi) is 9.74. The zero-order valence-electron chi connectivity index (χ0n) is 20.3. The smallest absolute Gasteiger partial charge is 0.490 e. The molecule has 0 spiro atoms. The first-order chi connectivity index (χ1) is 17.2. The van der Waals surface area contributed by atoms with E-state index in [0.717, 1.165) is 37.7 Å². The number of carbonyl (C=O) groups is 2. The largest absolute Gasteiger partial charge is 0.496 e. The number of alkyl halides is 3. The van der Waals surface area contributed by atoms with Crippen molar-refractivity contribution in [2.45, 2.75) is 57.2 Å². The van der Waals surface area contributed by atoms with Crippen molar-refractivity contribution >= 4 is 17.7 Å². The fraction of sp³-hybridized carbons (Fsp3) is 0.560. The first kappa shape index (κ1) is 27.5. The van der Waals surface area contributed by atoms with Crippen molar-refractivity contribution in [2.75, 3.05) is 32.1 Å². The highest BCUT2D eigenvalue weighted by molar-refractivity contribution is 6.05. The second-order valence-corrected chi connectivity index (χ2v) is 9.15. The summed E-state index contributed by atoms with van der Waals surface area (Å²) in [6.45, 7) is 3.48. The molecule has 1 aromatic carbocycles. The van der Waals surface area contributed by atoms with Crippen LogP contribution in [-0.4, -0.2) is 64.6 Å². The fourth-order valence-corrected chi connectivity index (χ4v) is 4.80. The number of rotatable bonds is 6. The maximum absolute atomic E-state index is 12.8. The molecule has 11 heteroatoms. The van der Waals surface area contributed by atoms with Crippen LogP contribution >= 0.6 is 0 Å². The molecule has 2 aliphatic rings. The molecule has 1 amide bonds. The highest BCUT2D eigenvalue weighted by Gasteiger charge is 2.38. The number of methoxy groups -OCH3 is 1. The lowest BCUT2D eigenvalue weighted by molar-refractivity contribution is -0.192. The third-order valence-electron chi connectivity index (χ3n) is 6.65. The van der Waals surface area contributed by atoms with Crippen LogP contribution < -0.4 is 10.1 Å². The lowest BCUT2D eigenvalue weighted by Gasteiger charge is -2.35. The van der Waals surface area contributed by atoms with Gasteiger partial charge in [0.15, 0.2) is 0 Å². The summed E-state index contributed by atoms with van der Waals surface area (Å²) in [5.74, 6) is -0.703. The summed E-state index contributed by atoms with van der Waals surface area (Å²) >= 11 is 0. The summed E-state index contributed by atoms with van der Waals surface area (Å²) < 4.78 is 39.0. The number of likely N-dealkylation sites (tertiary alicyclic amines) is 1. The van der Waals surface area contributed by atoms with E-state index in [0.29, 0.717) is 17.4 Å². The predicted molar refractivity (Wildman–Crippen MR) is 128 cm³/mol. The van der Waals surface area contributed by atoms with Gasteiger partial charge in [-0.05, 0) is 43.7 Å². The van der Waals surface area contributed by atoms with Crippen LogP contribution in [0.2, 0.25) is 0 Å². The standard InChI is InChI=1S/C23H32N4O2.C2HF3O2/c1-29-21-10-6-5-9-20(21)23(28)25-22-11-14-24-27(22)19-12-15-26(16-13-19)17-18-7-3-2-4-8-18;3-2(4,5)1(6)7/h5-6,9-11,14,18-19H,2-4,7-8,12-13,15-17H2,1H3,(H,25,28);(H,6,7). The van der Waals surface area contributed by atoms with Gasteiger partial charge in [0.1, 0.15) is 11.6 Å². The van der Waals surface area contributed by atoms with Gasteiger partial charge in [-0.2, -0.15) is 18.3 Å². The third kappa shape index (κ3) is 7.71. The predicted octanol–water partition coefficient (Wildman–Crippen LogP) is 4.99. The molecule has 198 valence electrons. The summed E-state index contributed by atoms with van der Waals surface area (Å²) in [5, 5.41) is 14.7. The number of carboxylic acid groups (broad SMARTS) is 1. The van der Waals surface area contributed by atoms with Crippen LogP contribution in [0.25, 0.3) is 0 Å². The molecule has 2 heterocycles. The molecule has 2 aromatic rings. The molecule has 36 heavy (non-hydrogen) atoms. The minimum Gasteiger partial charge on any atom is -0.496 e. The topological polar surface area (TPSA) is 96.7 Å². The normalized spacial score (nSPS) is 17.7. The summed E-state index contributed by atoms with van der Waals surface area (Å²) in [6, 6.07) is 9.49. The number of ether oxygens (including phenoxy) is 1. The van der Waals surface area contributed by atoms with Crippen LogP contribution in [0.3, 0.4) is 0 Å². The molecule has 0 radical (unpaired) electrons. The first-order valence-electron chi connectivity index (χ1n) is 12.2. The quantitative estimate of drug-likeness (QED) is 0.568. The van der Waals surface area contributed by atoms with Crippen LogP contribution in [0, 0.1) is 5.92 Å². The van der Waals surface area contributed by atoms with Gasteiger partial charge in [-0.25, -0.2) is 9.48 Å². The monoisotopic (exact) mass is 510 g/mol. The van der Waals surface area contributed by atoms with Crippen LogP contribution in [-0.2, 0) is 4.79 Å². The number of para-hydroxylation sites is 1. The number of carboxylic acids is 1. The van der Waals surface area contributed by atoms with Crippen molar-refractivity contribution in [2.24, 2.45) is 5.92 Å². The van der Waals surface area contributed by atoms with Gasteiger partial charge in [-0.15, -0.1) is 0 Å². The zero-order valence-corrected chi connectivity index (χ0v) is 20.3. The van der Waals surface area contributed by atoms with Crippen molar-refractivity contribution in [1.82, 2.24) is 14.7 Å². The molecular formula is C25H33F3N4O4. The molecule has 0 unspecified atom stereocenters. The van der Waals surface area contributed by atoms with Crippen LogP contribution in [0.1, 0.15) is 61.3 Å². The molecule has 1 aromatic heterocycles. The average Bonchev–Trinajstić information content (AvgIpc) is 3.33. The highest BCUT2D eigenvalue weighted by atomic mass is 19.4. The number of halogens is 3. The number of aliphatic carboxylic acids is 1. The van der Waals surface area contributed by atoms with E-state index in [1.54, 1.807) is 25.4 Å². The highest BCUT2D eigenvalue weighted by Crippen LogP contribution is 2.29. The number of anilines is 1.